The monoisotopic (exact) mass is 284 g/mol. The number of hydrogen-bond donors (Lipinski definition) is 2. The van der Waals surface area contributed by atoms with Crippen LogP contribution >= 0.6 is 0 Å². The van der Waals surface area contributed by atoms with Crippen molar-refractivity contribution in [1.29, 1.82) is 0 Å². The van der Waals surface area contributed by atoms with E-state index in [9.17, 15) is 19.8 Å². The summed E-state index contributed by atoms with van der Waals surface area (Å²) in [6.45, 7) is 3.23. The van der Waals surface area contributed by atoms with Gasteiger partial charge in [0.2, 0.25) is 0 Å². The molecule has 6 heteroatoms. The summed E-state index contributed by atoms with van der Waals surface area (Å²) in [4.78, 5) is 22.7. The third kappa shape index (κ3) is 5.02. The molecule has 1 rings (SSSR count). The summed E-state index contributed by atoms with van der Waals surface area (Å²) in [6, 6.07) is 8.82. The molecule has 0 aromatic heterocycles. The van der Waals surface area contributed by atoms with Crippen LogP contribution in [0.5, 0.6) is 0 Å². The van der Waals surface area contributed by atoms with E-state index in [0.29, 0.717) is 5.56 Å². The Balaban J connectivity index is 0. The molecule has 0 aliphatic carbocycles. The van der Waals surface area contributed by atoms with E-state index in [1.807, 2.05) is 6.07 Å². The van der Waals surface area contributed by atoms with Crippen molar-refractivity contribution >= 4 is 82.2 Å². The second kappa shape index (κ2) is 9.35. The maximum atomic E-state index is 11.3. The summed E-state index contributed by atoms with van der Waals surface area (Å²) in [6.07, 6.45) is -0.00380. The maximum absolute atomic E-state index is 11.3. The number of carbonyl (C=O) groups is 2. The van der Waals surface area contributed by atoms with Crippen LogP contribution < -0.4 is 0 Å². The van der Waals surface area contributed by atoms with Gasteiger partial charge in [0.05, 0.1) is 0 Å². The molecule has 0 bridgehead atoms. The van der Waals surface area contributed by atoms with Gasteiger partial charge in [-0.1, -0.05) is 44.2 Å². The molecule has 1 aromatic carbocycles. The van der Waals surface area contributed by atoms with Crippen molar-refractivity contribution < 1.29 is 19.8 Å². The fraction of sp³-hybridized carbons (Fsp3) is 0.385. The second-order valence-corrected chi connectivity index (χ2v) is 4.40. The van der Waals surface area contributed by atoms with E-state index in [1.165, 1.54) is 0 Å². The third-order valence-corrected chi connectivity index (χ3v) is 3.07. The average molecular weight is 284 g/mol. The van der Waals surface area contributed by atoms with E-state index in [4.69, 9.17) is 0 Å². The van der Waals surface area contributed by atoms with Gasteiger partial charge in [-0.2, -0.15) is 0 Å². The number of aliphatic carboxylic acids is 2. The molecule has 1 aromatic rings. The summed E-state index contributed by atoms with van der Waals surface area (Å²) in [5, 5.41) is 18.5. The van der Waals surface area contributed by atoms with E-state index < -0.39 is 23.3 Å². The van der Waals surface area contributed by atoms with Gasteiger partial charge >= 0.3 is 82.2 Å². The van der Waals surface area contributed by atoms with Gasteiger partial charge in [0.25, 0.3) is 0 Å². The van der Waals surface area contributed by atoms with Crippen molar-refractivity contribution in [1.82, 2.24) is 0 Å². The summed E-state index contributed by atoms with van der Waals surface area (Å²) in [7, 11) is 0. The van der Waals surface area contributed by atoms with Crippen molar-refractivity contribution in [3.63, 3.8) is 0 Å². The Bertz CT molecular complexity index is 406. The molecule has 0 heterocycles. The Labute approximate surface area is 167 Å². The molecule has 0 radical (unpaired) electrons. The average Bonchev–Trinajstić information content (AvgIpc) is 2.25. The summed E-state index contributed by atoms with van der Waals surface area (Å²) < 4.78 is 0. The van der Waals surface area contributed by atoms with E-state index in [-0.39, 0.29) is 76.7 Å². The Hall–Kier alpha value is 0.394. The van der Waals surface area contributed by atoms with Gasteiger partial charge in [-0.15, -0.1) is 0 Å². The SMILES string of the molecule is CC(C)C(Cc1ccccc1)(C(=O)O)C(=O)O.[KH].[LiH]. The zero-order valence-electron chi connectivity index (χ0n) is 9.88. The molecule has 96 valence electrons. The first kappa shape index (κ1) is 21.7. The van der Waals surface area contributed by atoms with E-state index in [2.05, 4.69) is 0 Å². The van der Waals surface area contributed by atoms with Crippen LogP contribution in [-0.2, 0) is 16.0 Å². The van der Waals surface area contributed by atoms with Gasteiger partial charge in [0.15, 0.2) is 5.41 Å². The van der Waals surface area contributed by atoms with Crippen molar-refractivity contribution in [2.24, 2.45) is 11.3 Å². The van der Waals surface area contributed by atoms with Crippen LogP contribution in [0.4, 0.5) is 0 Å². The fourth-order valence-corrected chi connectivity index (χ4v) is 1.86. The van der Waals surface area contributed by atoms with Crippen LogP contribution in [0.2, 0.25) is 0 Å². The number of hydrogen-bond acceptors (Lipinski definition) is 2. The van der Waals surface area contributed by atoms with Crippen LogP contribution in [0.3, 0.4) is 0 Å². The minimum absolute atomic E-state index is 0. The summed E-state index contributed by atoms with van der Waals surface area (Å²) in [5.41, 5.74) is -1.05. The molecule has 0 fully saturated rings. The number of carboxylic acid groups (broad SMARTS) is 2. The van der Waals surface area contributed by atoms with E-state index in [1.54, 1.807) is 38.1 Å². The molecule has 0 spiro atoms. The Morgan fingerprint density at radius 3 is 1.84 bits per heavy atom. The molecule has 2 N–H and O–H groups in total. The standard InChI is InChI=1S/C13H16O4.K.Li.2H/c1-9(2)13(11(14)15,12(16)17)8-10-6-4-3-5-7-10;;;;/h3-7,9H,8H2,1-2H3,(H,14,15)(H,16,17);;;;. The van der Waals surface area contributed by atoms with Crippen LogP contribution in [0.25, 0.3) is 0 Å². The number of carboxylic acids is 2. The Morgan fingerprint density at radius 2 is 1.53 bits per heavy atom. The van der Waals surface area contributed by atoms with Crippen LogP contribution in [-0.4, -0.2) is 92.4 Å². The predicted octanol–water partition coefficient (Wildman–Crippen LogP) is 0.744. The predicted molar refractivity (Wildman–Crippen MR) is 77.0 cm³/mol. The van der Waals surface area contributed by atoms with E-state index >= 15 is 0 Å². The first-order valence-electron chi connectivity index (χ1n) is 5.42. The molecule has 0 unspecified atom stereocenters. The van der Waals surface area contributed by atoms with E-state index in [0.717, 1.165) is 0 Å². The second-order valence-electron chi connectivity index (χ2n) is 4.40. The van der Waals surface area contributed by atoms with Gasteiger partial charge < -0.3 is 10.2 Å². The first-order valence-corrected chi connectivity index (χ1v) is 5.42. The fourth-order valence-electron chi connectivity index (χ4n) is 1.86. The van der Waals surface area contributed by atoms with Crippen molar-refractivity contribution in [3.8, 4) is 0 Å². The zero-order valence-corrected chi connectivity index (χ0v) is 9.88. The molecule has 0 saturated carbocycles. The molecular weight excluding hydrogens is 266 g/mol. The van der Waals surface area contributed by atoms with Gasteiger partial charge in [-0.25, -0.2) is 0 Å². The quantitative estimate of drug-likeness (QED) is 0.618. The Kier molecular flexibility index (Phi) is 10.7. The van der Waals surface area contributed by atoms with Crippen LogP contribution in [0.15, 0.2) is 30.3 Å². The van der Waals surface area contributed by atoms with Crippen LogP contribution in [0, 0.1) is 11.3 Å². The first-order chi connectivity index (χ1) is 7.91. The van der Waals surface area contributed by atoms with Gasteiger partial charge in [-0.05, 0) is 17.9 Å². The third-order valence-electron chi connectivity index (χ3n) is 3.07. The minimum atomic E-state index is -1.76. The number of rotatable bonds is 5. The molecule has 0 saturated heterocycles. The zero-order chi connectivity index (χ0) is 13.1. The topological polar surface area (TPSA) is 74.6 Å². The molecule has 0 aliphatic rings. The van der Waals surface area contributed by atoms with Crippen molar-refractivity contribution in [2.75, 3.05) is 0 Å². The van der Waals surface area contributed by atoms with Crippen LogP contribution in [0.1, 0.15) is 19.4 Å². The summed E-state index contributed by atoms with van der Waals surface area (Å²) in [5.74, 6) is -3.06. The molecule has 0 amide bonds. The molecule has 0 aliphatic heterocycles. The molecule has 19 heavy (non-hydrogen) atoms. The number of benzene rings is 1. The van der Waals surface area contributed by atoms with Crippen molar-refractivity contribution in [3.05, 3.63) is 35.9 Å². The molecule has 4 nitrogen and oxygen atoms in total. The van der Waals surface area contributed by atoms with Gasteiger partial charge in [0, 0.05) is 0 Å². The van der Waals surface area contributed by atoms with Crippen molar-refractivity contribution in [2.45, 2.75) is 20.3 Å². The molecule has 0 atom stereocenters. The van der Waals surface area contributed by atoms with Gasteiger partial charge in [-0.3, -0.25) is 9.59 Å². The Morgan fingerprint density at radius 1 is 1.11 bits per heavy atom. The normalized spacial score (nSPS) is 10.3. The molecular formula is C13H18KLiO4. The summed E-state index contributed by atoms with van der Waals surface area (Å²) >= 11 is 0. The van der Waals surface area contributed by atoms with Gasteiger partial charge in [0.1, 0.15) is 0 Å².